The van der Waals surface area contributed by atoms with Crippen LogP contribution in [0.4, 0.5) is 4.39 Å². The number of pyridine rings is 1. The van der Waals surface area contributed by atoms with E-state index in [0.29, 0.717) is 11.3 Å². The first kappa shape index (κ1) is 9.02. The van der Waals surface area contributed by atoms with E-state index in [2.05, 4.69) is 15.0 Å². The summed E-state index contributed by atoms with van der Waals surface area (Å²) in [5.41, 5.74) is 0.733. The SMILES string of the molecule is Fc1cc(Cl)ncc1-c1cnccn1. The number of nitrogens with zero attached hydrogens (tertiary/aromatic N) is 3. The lowest BCUT2D eigenvalue weighted by Crippen LogP contribution is -1.90. The predicted molar refractivity (Wildman–Crippen MR) is 50.2 cm³/mol. The normalized spacial score (nSPS) is 10.1. The maximum absolute atomic E-state index is 13.3. The number of hydrogen-bond acceptors (Lipinski definition) is 3. The molecule has 0 aliphatic rings. The summed E-state index contributed by atoms with van der Waals surface area (Å²) in [5.74, 6) is -0.453. The van der Waals surface area contributed by atoms with Crippen LogP contribution in [-0.2, 0) is 0 Å². The summed E-state index contributed by atoms with van der Waals surface area (Å²) in [5, 5.41) is 0.121. The summed E-state index contributed by atoms with van der Waals surface area (Å²) >= 11 is 5.52. The summed E-state index contributed by atoms with van der Waals surface area (Å²) < 4.78 is 13.3. The third kappa shape index (κ3) is 1.70. The Labute approximate surface area is 84.6 Å². The van der Waals surface area contributed by atoms with Gasteiger partial charge in [0.2, 0.25) is 0 Å². The molecule has 0 aromatic carbocycles. The van der Waals surface area contributed by atoms with Gasteiger partial charge in [-0.3, -0.25) is 9.97 Å². The van der Waals surface area contributed by atoms with Gasteiger partial charge in [-0.05, 0) is 0 Å². The quantitative estimate of drug-likeness (QED) is 0.677. The van der Waals surface area contributed by atoms with E-state index in [0.717, 1.165) is 6.07 Å². The summed E-state index contributed by atoms with van der Waals surface area (Å²) in [6.07, 6.45) is 5.81. The van der Waals surface area contributed by atoms with Crippen molar-refractivity contribution in [1.29, 1.82) is 0 Å². The van der Waals surface area contributed by atoms with Crippen LogP contribution in [0.1, 0.15) is 0 Å². The van der Waals surface area contributed by atoms with Gasteiger partial charge >= 0.3 is 0 Å². The van der Waals surface area contributed by atoms with Gasteiger partial charge in [0, 0.05) is 24.7 Å². The topological polar surface area (TPSA) is 38.7 Å². The van der Waals surface area contributed by atoms with Crippen LogP contribution in [0, 0.1) is 5.82 Å². The minimum atomic E-state index is -0.453. The highest BCUT2D eigenvalue weighted by Gasteiger charge is 2.07. The number of rotatable bonds is 1. The second-order valence-corrected chi connectivity index (χ2v) is 2.96. The molecule has 0 fully saturated rings. The van der Waals surface area contributed by atoms with Crippen molar-refractivity contribution >= 4 is 11.6 Å². The number of halogens is 2. The molecule has 3 nitrogen and oxygen atoms in total. The maximum atomic E-state index is 13.3. The molecule has 0 bridgehead atoms. The van der Waals surface area contributed by atoms with Crippen molar-refractivity contribution in [2.75, 3.05) is 0 Å². The van der Waals surface area contributed by atoms with E-state index >= 15 is 0 Å². The average Bonchev–Trinajstić information content (AvgIpc) is 2.19. The molecule has 0 saturated heterocycles. The smallest absolute Gasteiger partial charge is 0.137 e. The Morgan fingerprint density at radius 1 is 1.14 bits per heavy atom. The van der Waals surface area contributed by atoms with Crippen LogP contribution in [-0.4, -0.2) is 15.0 Å². The van der Waals surface area contributed by atoms with E-state index in [4.69, 9.17) is 11.6 Å². The Balaban J connectivity index is 2.53. The first-order chi connectivity index (χ1) is 6.77. The second kappa shape index (κ2) is 3.67. The highest BCUT2D eigenvalue weighted by Crippen LogP contribution is 2.20. The third-order valence-corrected chi connectivity index (χ3v) is 1.87. The lowest BCUT2D eigenvalue weighted by Gasteiger charge is -2.00. The predicted octanol–water partition coefficient (Wildman–Crippen LogP) is 2.33. The molecule has 2 rings (SSSR count). The Kier molecular flexibility index (Phi) is 2.37. The van der Waals surface area contributed by atoms with Crippen molar-refractivity contribution in [3.8, 4) is 11.3 Å². The van der Waals surface area contributed by atoms with Crippen molar-refractivity contribution in [2.24, 2.45) is 0 Å². The molecule has 0 N–H and O–H groups in total. The largest absolute Gasteiger partial charge is 0.261 e. The Bertz CT molecular complexity index is 447. The fraction of sp³-hybridized carbons (Fsp3) is 0. The molecule has 0 spiro atoms. The molecule has 0 saturated carbocycles. The first-order valence-corrected chi connectivity index (χ1v) is 4.22. The fourth-order valence-corrected chi connectivity index (χ4v) is 1.18. The van der Waals surface area contributed by atoms with Crippen LogP contribution in [0.3, 0.4) is 0 Å². The zero-order chi connectivity index (χ0) is 9.97. The van der Waals surface area contributed by atoms with Crippen LogP contribution >= 0.6 is 11.6 Å². The number of aromatic nitrogens is 3. The van der Waals surface area contributed by atoms with Gasteiger partial charge in [0.05, 0.1) is 17.5 Å². The van der Waals surface area contributed by atoms with Gasteiger partial charge in [0.15, 0.2) is 0 Å². The maximum Gasteiger partial charge on any atom is 0.137 e. The third-order valence-electron chi connectivity index (χ3n) is 1.66. The van der Waals surface area contributed by atoms with Crippen LogP contribution < -0.4 is 0 Å². The van der Waals surface area contributed by atoms with Gasteiger partial charge < -0.3 is 0 Å². The highest BCUT2D eigenvalue weighted by molar-refractivity contribution is 6.29. The van der Waals surface area contributed by atoms with Crippen LogP contribution in [0.15, 0.2) is 30.9 Å². The molecule has 0 atom stereocenters. The van der Waals surface area contributed by atoms with Crippen LogP contribution in [0.5, 0.6) is 0 Å². The molecule has 0 unspecified atom stereocenters. The lowest BCUT2D eigenvalue weighted by molar-refractivity contribution is 0.628. The van der Waals surface area contributed by atoms with Crippen LogP contribution in [0.25, 0.3) is 11.3 Å². The zero-order valence-electron chi connectivity index (χ0n) is 6.98. The van der Waals surface area contributed by atoms with E-state index in [9.17, 15) is 4.39 Å². The van der Waals surface area contributed by atoms with Crippen molar-refractivity contribution in [3.05, 3.63) is 41.8 Å². The minimum Gasteiger partial charge on any atom is -0.261 e. The van der Waals surface area contributed by atoms with Crippen molar-refractivity contribution in [3.63, 3.8) is 0 Å². The van der Waals surface area contributed by atoms with Gasteiger partial charge in [-0.2, -0.15) is 0 Å². The number of hydrogen-bond donors (Lipinski definition) is 0. The molecular weight excluding hydrogens is 205 g/mol. The molecule has 70 valence electrons. The molecule has 0 amide bonds. The van der Waals surface area contributed by atoms with E-state index in [1.165, 1.54) is 24.8 Å². The van der Waals surface area contributed by atoms with E-state index in [-0.39, 0.29) is 5.15 Å². The minimum absolute atomic E-state index is 0.121. The average molecular weight is 210 g/mol. The molecule has 5 heteroatoms. The Morgan fingerprint density at radius 2 is 2.00 bits per heavy atom. The highest BCUT2D eigenvalue weighted by atomic mass is 35.5. The second-order valence-electron chi connectivity index (χ2n) is 2.58. The van der Waals surface area contributed by atoms with Crippen molar-refractivity contribution in [2.45, 2.75) is 0 Å². The molecular formula is C9H5ClFN3. The standard InChI is InChI=1S/C9H5ClFN3/c10-9-3-7(11)6(4-14-9)8-5-12-1-2-13-8/h1-5H. The van der Waals surface area contributed by atoms with Crippen molar-refractivity contribution < 1.29 is 4.39 Å². The van der Waals surface area contributed by atoms with Crippen LogP contribution in [0.2, 0.25) is 5.15 Å². The molecule has 0 radical (unpaired) electrons. The molecule has 0 aliphatic carbocycles. The van der Waals surface area contributed by atoms with Gasteiger partial charge in [-0.1, -0.05) is 11.6 Å². The molecule has 2 heterocycles. The summed E-state index contributed by atoms with van der Waals surface area (Å²) in [6.45, 7) is 0. The fourth-order valence-electron chi connectivity index (χ4n) is 1.03. The molecule has 2 aromatic rings. The van der Waals surface area contributed by atoms with E-state index in [1.54, 1.807) is 0 Å². The summed E-state index contributed by atoms with van der Waals surface area (Å²) in [4.78, 5) is 11.6. The lowest BCUT2D eigenvalue weighted by atomic mass is 10.2. The molecule has 14 heavy (non-hydrogen) atoms. The van der Waals surface area contributed by atoms with E-state index < -0.39 is 5.82 Å². The van der Waals surface area contributed by atoms with Crippen molar-refractivity contribution in [1.82, 2.24) is 15.0 Å². The van der Waals surface area contributed by atoms with Gasteiger partial charge in [-0.25, -0.2) is 9.37 Å². The van der Waals surface area contributed by atoms with Gasteiger partial charge in [0.1, 0.15) is 11.0 Å². The first-order valence-electron chi connectivity index (χ1n) is 3.85. The van der Waals surface area contributed by atoms with Gasteiger partial charge in [-0.15, -0.1) is 0 Å². The monoisotopic (exact) mass is 209 g/mol. The molecule has 2 aromatic heterocycles. The summed E-state index contributed by atoms with van der Waals surface area (Å²) in [6, 6.07) is 1.14. The molecule has 0 aliphatic heterocycles. The Hall–Kier alpha value is -1.55. The zero-order valence-corrected chi connectivity index (χ0v) is 7.74. The Morgan fingerprint density at radius 3 is 2.64 bits per heavy atom. The van der Waals surface area contributed by atoms with Gasteiger partial charge in [0.25, 0.3) is 0 Å². The van der Waals surface area contributed by atoms with E-state index in [1.807, 2.05) is 0 Å². The summed E-state index contributed by atoms with van der Waals surface area (Å²) in [7, 11) is 0.